The van der Waals surface area contributed by atoms with Crippen LogP contribution in [0.5, 0.6) is 11.5 Å². The summed E-state index contributed by atoms with van der Waals surface area (Å²) in [4.78, 5) is 84.6. The van der Waals surface area contributed by atoms with Crippen molar-refractivity contribution < 1.29 is 43.3 Å². The van der Waals surface area contributed by atoms with Gasteiger partial charge in [0.2, 0.25) is 17.7 Å². The monoisotopic (exact) mass is 890 g/mol. The Morgan fingerprint density at radius 1 is 0.891 bits per heavy atom. The second-order valence-electron chi connectivity index (χ2n) is 16.6. The molecule has 5 atom stereocenters. The highest BCUT2D eigenvalue weighted by Crippen LogP contribution is 2.41. The molecule has 0 saturated carbocycles. The number of nitrogens with one attached hydrogen (secondary N) is 2. The molecule has 3 amide bonds. The number of rotatable bonds is 27. The van der Waals surface area contributed by atoms with Crippen molar-refractivity contribution >= 4 is 35.1 Å². The van der Waals surface area contributed by atoms with Gasteiger partial charge in [0, 0.05) is 81.8 Å². The maximum atomic E-state index is 14.7. The van der Waals surface area contributed by atoms with E-state index in [-0.39, 0.29) is 103 Å². The van der Waals surface area contributed by atoms with Gasteiger partial charge in [-0.15, -0.1) is 0 Å². The van der Waals surface area contributed by atoms with Crippen LogP contribution < -0.4 is 37.3 Å². The zero-order chi connectivity index (χ0) is 47.0. The van der Waals surface area contributed by atoms with Crippen molar-refractivity contribution in [3.8, 4) is 28.7 Å². The summed E-state index contributed by atoms with van der Waals surface area (Å²) in [5.41, 5.74) is 19.7. The zero-order valence-electron chi connectivity index (χ0n) is 38.0. The van der Waals surface area contributed by atoms with Gasteiger partial charge in [-0.1, -0.05) is 64.5 Å². The third-order valence-corrected chi connectivity index (χ3v) is 11.5. The first kappa shape index (κ1) is 53.1. The summed E-state index contributed by atoms with van der Waals surface area (Å²) in [5, 5.41) is 24.6. The fourth-order valence-corrected chi connectivity index (χ4v) is 7.98. The van der Waals surface area contributed by atoms with E-state index in [1.807, 2.05) is 6.07 Å². The summed E-state index contributed by atoms with van der Waals surface area (Å²) in [6.07, 6.45) is 6.78. The van der Waals surface area contributed by atoms with Crippen molar-refractivity contribution in [2.45, 2.75) is 128 Å². The number of amides is 3. The lowest BCUT2D eigenvalue weighted by Crippen LogP contribution is -2.46. The number of carbonyl (C=O) groups is 6. The lowest BCUT2D eigenvalue weighted by molar-refractivity contribution is -0.144. The van der Waals surface area contributed by atoms with E-state index in [1.165, 1.54) is 18.4 Å². The molecular formula is C48H71N7O9. The number of unbranched alkanes of at least 4 members (excludes halogenated alkanes) is 6. The minimum atomic E-state index is -1.28. The molecule has 64 heavy (non-hydrogen) atoms. The number of hydrogen-bond donors (Lipinski definition) is 6. The number of nitrogens with two attached hydrogens (primary N) is 3. The van der Waals surface area contributed by atoms with Gasteiger partial charge >= 0.3 is 0 Å². The number of nitriles is 1. The van der Waals surface area contributed by atoms with Crippen LogP contribution in [0.25, 0.3) is 11.1 Å². The Hall–Kier alpha value is -5.21. The van der Waals surface area contributed by atoms with Crippen LogP contribution in [0, 0.1) is 23.2 Å². The number of aliphatic hydroxyl groups excluding tert-OH is 1. The smallest absolute Gasteiger partial charge is 0.226 e. The van der Waals surface area contributed by atoms with Gasteiger partial charge in [0.1, 0.15) is 30.8 Å². The van der Waals surface area contributed by atoms with Crippen LogP contribution in [0.2, 0.25) is 0 Å². The number of benzene rings is 2. The number of nitrogens with zero attached hydrogens (tertiary/aromatic N) is 2. The molecule has 352 valence electrons. The number of likely N-dealkylation sites (N-methyl/N-ethyl adjacent to an activating group) is 1. The molecule has 4 bridgehead atoms. The first-order chi connectivity index (χ1) is 30.8. The highest BCUT2D eigenvalue weighted by atomic mass is 16.5. The molecule has 16 heteroatoms. The van der Waals surface area contributed by atoms with Gasteiger partial charge in [-0.05, 0) is 67.6 Å². The molecule has 0 saturated heterocycles. The van der Waals surface area contributed by atoms with Gasteiger partial charge in [-0.2, -0.15) is 5.26 Å². The Morgan fingerprint density at radius 3 is 2.16 bits per heavy atom. The molecule has 9 N–H and O–H groups in total. The predicted molar refractivity (Wildman–Crippen MR) is 244 cm³/mol. The van der Waals surface area contributed by atoms with Crippen molar-refractivity contribution in [3.05, 3.63) is 47.5 Å². The molecular weight excluding hydrogens is 819 g/mol. The second kappa shape index (κ2) is 28.6. The molecule has 2 aromatic carbocycles. The Bertz CT molecular complexity index is 1900. The molecule has 3 rings (SSSR count). The summed E-state index contributed by atoms with van der Waals surface area (Å²) >= 11 is 0. The minimum absolute atomic E-state index is 0.0354. The van der Waals surface area contributed by atoms with E-state index in [4.69, 9.17) is 26.7 Å². The molecule has 0 aliphatic carbocycles. The van der Waals surface area contributed by atoms with Crippen LogP contribution in [0.15, 0.2) is 36.4 Å². The summed E-state index contributed by atoms with van der Waals surface area (Å²) in [7, 11) is 1.46. The number of carbonyl (C=O) groups excluding carboxylic acids is 6. The lowest BCUT2D eigenvalue weighted by atomic mass is 9.88. The summed E-state index contributed by atoms with van der Waals surface area (Å²) < 4.78 is 12.2. The van der Waals surface area contributed by atoms with Crippen LogP contribution in [0.3, 0.4) is 0 Å². The van der Waals surface area contributed by atoms with Crippen LogP contribution in [0.4, 0.5) is 0 Å². The average molecular weight is 890 g/mol. The van der Waals surface area contributed by atoms with Gasteiger partial charge in [0.15, 0.2) is 17.3 Å². The van der Waals surface area contributed by atoms with E-state index in [0.29, 0.717) is 40.2 Å². The fraction of sp³-hybridized carbons (Fsp3) is 0.604. The highest BCUT2D eigenvalue weighted by molar-refractivity contribution is 5.97. The lowest BCUT2D eigenvalue weighted by Gasteiger charge is -2.32. The summed E-state index contributed by atoms with van der Waals surface area (Å²) in [5.74, 6) is -3.83. The Balaban J connectivity index is 2.08. The molecule has 0 aromatic heterocycles. The van der Waals surface area contributed by atoms with E-state index in [0.717, 1.165) is 32.1 Å². The molecule has 0 radical (unpaired) electrons. The van der Waals surface area contributed by atoms with Crippen molar-refractivity contribution in [2.24, 2.45) is 29.0 Å². The fourth-order valence-electron chi connectivity index (χ4n) is 7.98. The second-order valence-corrected chi connectivity index (χ2v) is 16.6. The zero-order valence-corrected chi connectivity index (χ0v) is 38.0. The van der Waals surface area contributed by atoms with Crippen molar-refractivity contribution in [3.63, 3.8) is 0 Å². The Morgan fingerprint density at radius 2 is 1.53 bits per heavy atom. The molecule has 0 spiro atoms. The third-order valence-electron chi connectivity index (χ3n) is 11.5. The summed E-state index contributed by atoms with van der Waals surface area (Å²) in [6.45, 7) is 4.11. The molecule has 0 unspecified atom stereocenters. The van der Waals surface area contributed by atoms with Crippen LogP contribution in [0.1, 0.15) is 121 Å². The van der Waals surface area contributed by atoms with Crippen molar-refractivity contribution in [1.29, 1.82) is 5.26 Å². The Labute approximate surface area is 378 Å². The number of hydrogen-bond acceptors (Lipinski definition) is 13. The topological polar surface area (TPSA) is 270 Å². The predicted octanol–water partition coefficient (Wildman–Crippen LogP) is 3.97. The quantitative estimate of drug-likeness (QED) is 0.0695. The molecule has 1 aliphatic heterocycles. The molecule has 2 aromatic rings. The maximum absolute atomic E-state index is 14.7. The van der Waals surface area contributed by atoms with Crippen LogP contribution in [-0.4, -0.2) is 104 Å². The van der Waals surface area contributed by atoms with Crippen LogP contribution >= 0.6 is 0 Å². The minimum Gasteiger partial charge on any atom is -0.492 e. The standard InChI is InChI=1S/C48H71N7O9/c1-4-5-6-7-8-9-10-13-45(60)53-38(19-24-56)41(58)31-35(18-21-50)48(62)55(3)46-34-15-17-44(64-26-23-52)37(30-34)36-28-33(14-16-43(36)63-25-22-51)29-39(40(57)12-11-20-49)54-47(61)32(2)27-42(46)59/h14-17,28,30,32,35,38-39,46,56H,4-13,18-19,21-27,29,31,50-52H2,1-3H3,(H,53,60)(H,54,61)/t32-,35-,38-,39+,46+/m1/s1. The molecule has 0 fully saturated rings. The van der Waals surface area contributed by atoms with Crippen LogP contribution in [-0.2, 0) is 35.2 Å². The number of ether oxygens (including phenoxy) is 2. The van der Waals surface area contributed by atoms with Gasteiger partial charge in [0.25, 0.3) is 0 Å². The SMILES string of the molecule is CCCCCCCCCC(=O)N[C@H](CCO)C(=O)C[C@@H](CCN)C(=O)N(C)[C@@H]1C(=O)C[C@@H](C)C(=O)N[C@H](C(=O)CCC#N)Cc2ccc(OCCN)c(c2)-c2cc1ccc2OCCN. The number of Topliss-reactive ketones (excluding diaryl/α,β-unsaturated/α-hetero) is 3. The van der Waals surface area contributed by atoms with Crippen molar-refractivity contribution in [1.82, 2.24) is 15.5 Å². The van der Waals surface area contributed by atoms with E-state index in [2.05, 4.69) is 17.6 Å². The van der Waals surface area contributed by atoms with Gasteiger partial charge in [-0.25, -0.2) is 0 Å². The van der Waals surface area contributed by atoms with Gasteiger partial charge < -0.3 is 47.3 Å². The number of ketones is 3. The Kier molecular flexibility index (Phi) is 23.7. The average Bonchev–Trinajstić information content (AvgIpc) is 3.28. The van der Waals surface area contributed by atoms with Gasteiger partial charge in [0.05, 0.1) is 18.2 Å². The van der Waals surface area contributed by atoms with Crippen molar-refractivity contribution in [2.75, 3.05) is 46.5 Å². The first-order valence-corrected chi connectivity index (χ1v) is 22.9. The van der Waals surface area contributed by atoms with E-state index in [1.54, 1.807) is 43.3 Å². The van der Waals surface area contributed by atoms with E-state index >= 15 is 0 Å². The highest BCUT2D eigenvalue weighted by Gasteiger charge is 2.37. The first-order valence-electron chi connectivity index (χ1n) is 22.9. The number of fused-ring (bicyclic) bond motifs is 5. The maximum Gasteiger partial charge on any atom is 0.226 e. The van der Waals surface area contributed by atoms with E-state index in [9.17, 15) is 39.1 Å². The normalized spacial score (nSPS) is 17.2. The van der Waals surface area contributed by atoms with E-state index < -0.39 is 53.3 Å². The number of aliphatic hydroxyl groups is 1. The van der Waals surface area contributed by atoms with Gasteiger partial charge in [-0.3, -0.25) is 28.8 Å². The molecule has 1 aliphatic rings. The largest absolute Gasteiger partial charge is 0.492 e. The molecule has 16 nitrogen and oxygen atoms in total. The third kappa shape index (κ3) is 16.4. The molecule has 1 heterocycles. The summed E-state index contributed by atoms with van der Waals surface area (Å²) in [6, 6.07) is 9.01.